The SMILES string of the molecule is COc1ccc(S(=O)(=O)NC(Cc2ccccc2)C(=O)Nc2cccc(Cl)c2Cl)cc1Cl. The third-order valence-electron chi connectivity index (χ3n) is 4.54. The molecule has 0 bridgehead atoms. The highest BCUT2D eigenvalue weighted by Crippen LogP contribution is 2.30. The van der Waals surface area contributed by atoms with E-state index < -0.39 is 22.0 Å². The van der Waals surface area contributed by atoms with Crippen molar-refractivity contribution < 1.29 is 17.9 Å². The molecule has 168 valence electrons. The molecule has 1 unspecified atom stereocenters. The van der Waals surface area contributed by atoms with Crippen molar-refractivity contribution in [3.05, 3.63) is 87.4 Å². The highest BCUT2D eigenvalue weighted by atomic mass is 35.5. The lowest BCUT2D eigenvalue weighted by molar-refractivity contribution is -0.117. The smallest absolute Gasteiger partial charge is 0.242 e. The first kappa shape index (κ1) is 24.4. The van der Waals surface area contributed by atoms with Crippen LogP contribution in [0.5, 0.6) is 5.75 Å². The zero-order valence-electron chi connectivity index (χ0n) is 16.8. The predicted molar refractivity (Wildman–Crippen MR) is 127 cm³/mol. The molecule has 3 rings (SSSR count). The minimum atomic E-state index is -4.09. The van der Waals surface area contributed by atoms with E-state index in [0.717, 1.165) is 5.56 Å². The minimum absolute atomic E-state index is 0.102. The molecule has 0 aliphatic heterocycles. The van der Waals surface area contributed by atoms with Crippen molar-refractivity contribution in [3.8, 4) is 5.75 Å². The Bertz CT molecular complexity index is 1220. The molecule has 0 heterocycles. The normalized spacial score (nSPS) is 12.2. The summed E-state index contributed by atoms with van der Waals surface area (Å²) in [6.07, 6.45) is 0.105. The van der Waals surface area contributed by atoms with E-state index in [2.05, 4.69) is 10.0 Å². The van der Waals surface area contributed by atoms with Crippen molar-refractivity contribution in [2.45, 2.75) is 17.4 Å². The maximum atomic E-state index is 13.1. The first-order chi connectivity index (χ1) is 15.2. The van der Waals surface area contributed by atoms with Crippen LogP contribution in [0.1, 0.15) is 5.56 Å². The van der Waals surface area contributed by atoms with Gasteiger partial charge in [0.1, 0.15) is 11.8 Å². The van der Waals surface area contributed by atoms with Gasteiger partial charge in [-0.25, -0.2) is 8.42 Å². The summed E-state index contributed by atoms with van der Waals surface area (Å²) < 4.78 is 33.6. The number of anilines is 1. The predicted octanol–water partition coefficient (Wildman–Crippen LogP) is 5.18. The molecule has 0 aromatic heterocycles. The van der Waals surface area contributed by atoms with E-state index in [1.54, 1.807) is 42.5 Å². The fourth-order valence-electron chi connectivity index (χ4n) is 2.93. The van der Waals surface area contributed by atoms with E-state index in [1.165, 1.54) is 25.3 Å². The number of halogens is 3. The van der Waals surface area contributed by atoms with Crippen LogP contribution in [0.25, 0.3) is 0 Å². The van der Waals surface area contributed by atoms with Crippen LogP contribution in [-0.4, -0.2) is 27.5 Å². The fourth-order valence-corrected chi connectivity index (χ4v) is 4.82. The third kappa shape index (κ3) is 5.94. The summed E-state index contributed by atoms with van der Waals surface area (Å²) in [5, 5.41) is 3.20. The fraction of sp³-hybridized carbons (Fsp3) is 0.136. The summed E-state index contributed by atoms with van der Waals surface area (Å²) in [5.74, 6) is -0.263. The number of ether oxygens (including phenoxy) is 1. The Morgan fingerprint density at radius 2 is 1.69 bits per heavy atom. The van der Waals surface area contributed by atoms with Gasteiger partial charge < -0.3 is 10.1 Å². The first-order valence-electron chi connectivity index (χ1n) is 9.36. The second-order valence-corrected chi connectivity index (χ2v) is 9.66. The summed E-state index contributed by atoms with van der Waals surface area (Å²) >= 11 is 18.3. The van der Waals surface area contributed by atoms with Crippen molar-refractivity contribution in [2.75, 3.05) is 12.4 Å². The van der Waals surface area contributed by atoms with Crippen LogP contribution in [0.4, 0.5) is 5.69 Å². The van der Waals surface area contributed by atoms with Crippen LogP contribution in [0, 0.1) is 0 Å². The molecule has 3 aromatic rings. The van der Waals surface area contributed by atoms with Gasteiger partial charge in [0.25, 0.3) is 0 Å². The molecule has 32 heavy (non-hydrogen) atoms. The highest BCUT2D eigenvalue weighted by Gasteiger charge is 2.27. The van der Waals surface area contributed by atoms with Crippen molar-refractivity contribution in [1.82, 2.24) is 4.72 Å². The number of rotatable bonds is 8. The molecule has 2 N–H and O–H groups in total. The zero-order chi connectivity index (χ0) is 23.3. The van der Waals surface area contributed by atoms with E-state index in [-0.39, 0.29) is 32.1 Å². The second-order valence-electron chi connectivity index (χ2n) is 6.75. The van der Waals surface area contributed by atoms with E-state index in [1.807, 2.05) is 6.07 Å². The minimum Gasteiger partial charge on any atom is -0.495 e. The van der Waals surface area contributed by atoms with E-state index in [4.69, 9.17) is 39.5 Å². The monoisotopic (exact) mass is 512 g/mol. The Hall–Kier alpha value is -2.29. The lowest BCUT2D eigenvalue weighted by atomic mass is 10.1. The van der Waals surface area contributed by atoms with Crippen molar-refractivity contribution >= 4 is 56.4 Å². The van der Waals surface area contributed by atoms with Gasteiger partial charge in [-0.1, -0.05) is 71.2 Å². The number of hydrogen-bond donors (Lipinski definition) is 2. The summed E-state index contributed by atoms with van der Waals surface area (Å²) in [7, 11) is -2.67. The van der Waals surface area contributed by atoms with Crippen molar-refractivity contribution in [1.29, 1.82) is 0 Å². The van der Waals surface area contributed by atoms with E-state index in [9.17, 15) is 13.2 Å². The van der Waals surface area contributed by atoms with Crippen LogP contribution in [0.2, 0.25) is 15.1 Å². The number of methoxy groups -OCH3 is 1. The Morgan fingerprint density at radius 1 is 0.969 bits per heavy atom. The van der Waals surface area contributed by atoms with Gasteiger partial charge in [-0.2, -0.15) is 4.72 Å². The molecule has 6 nitrogen and oxygen atoms in total. The number of hydrogen-bond acceptors (Lipinski definition) is 4. The molecular weight excluding hydrogens is 495 g/mol. The number of carbonyl (C=O) groups excluding carboxylic acids is 1. The molecule has 0 aliphatic rings. The molecule has 3 aromatic carbocycles. The summed E-state index contributed by atoms with van der Waals surface area (Å²) in [6, 6.07) is 16.7. The molecule has 10 heteroatoms. The molecule has 0 saturated carbocycles. The number of sulfonamides is 1. The number of amides is 1. The third-order valence-corrected chi connectivity index (χ3v) is 7.12. The Kier molecular flexibility index (Phi) is 8.03. The Labute approximate surface area is 201 Å². The van der Waals surface area contributed by atoms with Gasteiger partial charge in [0.05, 0.1) is 32.8 Å². The quantitative estimate of drug-likeness (QED) is 0.434. The van der Waals surface area contributed by atoms with Crippen LogP contribution < -0.4 is 14.8 Å². The van der Waals surface area contributed by atoms with Crippen LogP contribution >= 0.6 is 34.8 Å². The maximum absolute atomic E-state index is 13.1. The standard InChI is InChI=1S/C22H19Cl3N2O4S/c1-31-20-11-10-15(13-17(20)24)32(29,30)27-19(12-14-6-3-2-4-7-14)22(28)26-18-9-5-8-16(23)21(18)25/h2-11,13,19,27H,12H2,1H3,(H,26,28). The average Bonchev–Trinajstić information content (AvgIpc) is 2.77. The molecule has 0 saturated heterocycles. The van der Waals surface area contributed by atoms with Crippen LogP contribution in [0.15, 0.2) is 71.6 Å². The lowest BCUT2D eigenvalue weighted by Crippen LogP contribution is -2.45. The molecule has 0 spiro atoms. The second kappa shape index (κ2) is 10.6. The van der Waals surface area contributed by atoms with Crippen molar-refractivity contribution in [2.24, 2.45) is 0 Å². The molecule has 1 atom stereocenters. The van der Waals surface area contributed by atoms with Crippen LogP contribution in [0.3, 0.4) is 0 Å². The van der Waals surface area contributed by atoms with Gasteiger partial charge in [0, 0.05) is 0 Å². The Morgan fingerprint density at radius 3 is 2.34 bits per heavy atom. The largest absolute Gasteiger partial charge is 0.495 e. The number of benzene rings is 3. The Balaban J connectivity index is 1.90. The van der Waals surface area contributed by atoms with Gasteiger partial charge in [0.15, 0.2) is 0 Å². The number of carbonyl (C=O) groups is 1. The summed E-state index contributed by atoms with van der Waals surface area (Å²) in [4.78, 5) is 13.0. The number of nitrogens with one attached hydrogen (secondary N) is 2. The zero-order valence-corrected chi connectivity index (χ0v) is 19.9. The van der Waals surface area contributed by atoms with Gasteiger partial charge in [0.2, 0.25) is 15.9 Å². The van der Waals surface area contributed by atoms with Crippen molar-refractivity contribution in [3.63, 3.8) is 0 Å². The first-order valence-corrected chi connectivity index (χ1v) is 12.0. The summed E-state index contributed by atoms with van der Waals surface area (Å²) in [6.45, 7) is 0. The van der Waals surface area contributed by atoms with Gasteiger partial charge >= 0.3 is 0 Å². The van der Waals surface area contributed by atoms with E-state index in [0.29, 0.717) is 5.75 Å². The van der Waals surface area contributed by atoms with Gasteiger partial charge in [-0.3, -0.25) is 4.79 Å². The lowest BCUT2D eigenvalue weighted by Gasteiger charge is -2.19. The summed E-state index contributed by atoms with van der Waals surface area (Å²) in [5.41, 5.74) is 1.04. The van der Waals surface area contributed by atoms with E-state index >= 15 is 0 Å². The molecule has 0 radical (unpaired) electrons. The average molecular weight is 514 g/mol. The molecular formula is C22H19Cl3N2O4S. The molecule has 1 amide bonds. The molecule has 0 aliphatic carbocycles. The highest BCUT2D eigenvalue weighted by molar-refractivity contribution is 7.89. The van der Waals surface area contributed by atoms with Crippen LogP contribution in [-0.2, 0) is 21.2 Å². The van der Waals surface area contributed by atoms with Gasteiger partial charge in [-0.15, -0.1) is 0 Å². The van der Waals surface area contributed by atoms with Gasteiger partial charge in [-0.05, 0) is 42.3 Å². The maximum Gasteiger partial charge on any atom is 0.242 e. The topological polar surface area (TPSA) is 84.5 Å². The molecule has 0 fully saturated rings.